The average molecular weight is 326 g/mol. The standard InChI is InChI=1S/C13H7BrClFN2/c14-9-1-2-13(12(15)5-9)18-11-4-8(7-17)3-10(16)6-11/h1-6,18H. The Morgan fingerprint density at radius 3 is 2.67 bits per heavy atom. The quantitative estimate of drug-likeness (QED) is 0.856. The van der Waals surface area contributed by atoms with Crippen LogP contribution in [0.25, 0.3) is 0 Å². The Morgan fingerprint density at radius 1 is 1.22 bits per heavy atom. The molecule has 0 fully saturated rings. The van der Waals surface area contributed by atoms with Crippen molar-refractivity contribution < 1.29 is 4.39 Å². The van der Waals surface area contributed by atoms with Crippen molar-refractivity contribution in [1.82, 2.24) is 0 Å². The Morgan fingerprint density at radius 2 is 2.00 bits per heavy atom. The highest BCUT2D eigenvalue weighted by Crippen LogP contribution is 2.28. The van der Waals surface area contributed by atoms with E-state index in [0.717, 1.165) is 4.47 Å². The number of halogens is 3. The molecule has 0 heterocycles. The minimum absolute atomic E-state index is 0.255. The van der Waals surface area contributed by atoms with Crippen molar-refractivity contribution in [2.45, 2.75) is 0 Å². The van der Waals surface area contributed by atoms with E-state index in [1.165, 1.54) is 12.1 Å². The third kappa shape index (κ3) is 3.00. The molecule has 0 bridgehead atoms. The summed E-state index contributed by atoms with van der Waals surface area (Å²) < 4.78 is 14.1. The third-order valence-electron chi connectivity index (χ3n) is 2.24. The lowest BCUT2D eigenvalue weighted by molar-refractivity contribution is 0.628. The Balaban J connectivity index is 2.34. The highest BCUT2D eigenvalue weighted by Gasteiger charge is 2.04. The highest BCUT2D eigenvalue weighted by molar-refractivity contribution is 9.10. The summed E-state index contributed by atoms with van der Waals surface area (Å²) in [6.07, 6.45) is 0. The molecule has 0 aromatic heterocycles. The number of hydrogen-bond donors (Lipinski definition) is 1. The maximum absolute atomic E-state index is 13.3. The molecule has 5 heteroatoms. The molecule has 0 saturated heterocycles. The molecule has 90 valence electrons. The van der Waals surface area contributed by atoms with Crippen LogP contribution in [0.15, 0.2) is 40.9 Å². The highest BCUT2D eigenvalue weighted by atomic mass is 79.9. The van der Waals surface area contributed by atoms with Gasteiger partial charge >= 0.3 is 0 Å². The van der Waals surface area contributed by atoms with E-state index >= 15 is 0 Å². The van der Waals surface area contributed by atoms with E-state index in [0.29, 0.717) is 16.4 Å². The number of nitrogens with one attached hydrogen (secondary N) is 1. The molecule has 0 aliphatic heterocycles. The maximum atomic E-state index is 13.3. The van der Waals surface area contributed by atoms with Crippen LogP contribution in [-0.4, -0.2) is 0 Å². The van der Waals surface area contributed by atoms with Gasteiger partial charge in [-0.15, -0.1) is 0 Å². The van der Waals surface area contributed by atoms with E-state index in [1.54, 1.807) is 18.2 Å². The van der Waals surface area contributed by atoms with E-state index in [4.69, 9.17) is 16.9 Å². The molecule has 2 rings (SSSR count). The Kier molecular flexibility index (Phi) is 3.85. The molecular weight excluding hydrogens is 319 g/mol. The second kappa shape index (κ2) is 5.38. The number of anilines is 2. The van der Waals surface area contributed by atoms with Crippen LogP contribution < -0.4 is 5.32 Å². The molecule has 18 heavy (non-hydrogen) atoms. The molecular formula is C13H7BrClFN2. The Labute approximate surface area is 117 Å². The summed E-state index contributed by atoms with van der Waals surface area (Å²) in [5, 5.41) is 12.2. The molecule has 2 nitrogen and oxygen atoms in total. The van der Waals surface area contributed by atoms with Gasteiger partial charge in [-0.2, -0.15) is 5.26 Å². The summed E-state index contributed by atoms with van der Waals surface area (Å²) in [5.41, 5.74) is 1.39. The molecule has 0 atom stereocenters. The lowest BCUT2D eigenvalue weighted by Gasteiger charge is -2.09. The van der Waals surface area contributed by atoms with Crippen LogP contribution in [0.2, 0.25) is 5.02 Å². The average Bonchev–Trinajstić information content (AvgIpc) is 2.32. The molecule has 2 aromatic carbocycles. The summed E-state index contributed by atoms with van der Waals surface area (Å²) >= 11 is 9.34. The topological polar surface area (TPSA) is 35.8 Å². The van der Waals surface area contributed by atoms with Crippen LogP contribution in [0.5, 0.6) is 0 Å². The molecule has 0 aliphatic carbocycles. The van der Waals surface area contributed by atoms with Crippen LogP contribution in [0.1, 0.15) is 5.56 Å². The Hall–Kier alpha value is -1.57. The van der Waals surface area contributed by atoms with E-state index < -0.39 is 5.82 Å². The van der Waals surface area contributed by atoms with Gasteiger partial charge in [-0.25, -0.2) is 4.39 Å². The monoisotopic (exact) mass is 324 g/mol. The minimum Gasteiger partial charge on any atom is -0.354 e. The van der Waals surface area contributed by atoms with Crippen molar-refractivity contribution in [2.24, 2.45) is 0 Å². The van der Waals surface area contributed by atoms with Crippen LogP contribution in [0.3, 0.4) is 0 Å². The van der Waals surface area contributed by atoms with Gasteiger partial charge in [0.25, 0.3) is 0 Å². The zero-order chi connectivity index (χ0) is 13.1. The first-order valence-electron chi connectivity index (χ1n) is 5.01. The van der Waals surface area contributed by atoms with E-state index in [-0.39, 0.29) is 5.56 Å². The van der Waals surface area contributed by atoms with Crippen molar-refractivity contribution in [3.63, 3.8) is 0 Å². The predicted octanol–water partition coefficient (Wildman–Crippen LogP) is 4.86. The number of benzene rings is 2. The van der Waals surface area contributed by atoms with Crippen molar-refractivity contribution in [3.05, 3.63) is 57.3 Å². The fourth-order valence-corrected chi connectivity index (χ4v) is 2.19. The van der Waals surface area contributed by atoms with Gasteiger partial charge in [0.2, 0.25) is 0 Å². The fraction of sp³-hybridized carbons (Fsp3) is 0. The first kappa shape index (κ1) is 12.9. The molecule has 0 unspecified atom stereocenters. The van der Waals surface area contributed by atoms with E-state index in [9.17, 15) is 4.39 Å². The third-order valence-corrected chi connectivity index (χ3v) is 3.04. The Bertz CT molecular complexity index is 637. The first-order chi connectivity index (χ1) is 8.58. The van der Waals surface area contributed by atoms with Crippen molar-refractivity contribution >= 4 is 38.9 Å². The largest absolute Gasteiger partial charge is 0.354 e. The number of nitrogens with zero attached hydrogens (tertiary/aromatic N) is 1. The van der Waals surface area contributed by atoms with Gasteiger partial charge in [-0.1, -0.05) is 27.5 Å². The van der Waals surface area contributed by atoms with Gasteiger partial charge in [-0.05, 0) is 36.4 Å². The summed E-state index contributed by atoms with van der Waals surface area (Å²) in [5.74, 6) is -0.468. The van der Waals surface area contributed by atoms with E-state index in [2.05, 4.69) is 21.2 Å². The van der Waals surface area contributed by atoms with Gasteiger partial charge in [-0.3, -0.25) is 0 Å². The second-order valence-electron chi connectivity index (χ2n) is 3.59. The molecule has 0 radical (unpaired) electrons. The van der Waals surface area contributed by atoms with Crippen LogP contribution >= 0.6 is 27.5 Å². The van der Waals surface area contributed by atoms with Crippen LogP contribution in [0, 0.1) is 17.1 Å². The summed E-state index contributed by atoms with van der Waals surface area (Å²) in [6.45, 7) is 0. The molecule has 0 aliphatic rings. The normalized spacial score (nSPS) is 9.89. The molecule has 0 spiro atoms. The van der Waals surface area contributed by atoms with Crippen LogP contribution in [-0.2, 0) is 0 Å². The first-order valence-corrected chi connectivity index (χ1v) is 6.18. The number of hydrogen-bond acceptors (Lipinski definition) is 2. The van der Waals surface area contributed by atoms with Crippen molar-refractivity contribution in [1.29, 1.82) is 5.26 Å². The van der Waals surface area contributed by atoms with Gasteiger partial charge in [0.05, 0.1) is 22.3 Å². The van der Waals surface area contributed by atoms with Gasteiger partial charge in [0, 0.05) is 10.2 Å². The maximum Gasteiger partial charge on any atom is 0.126 e. The fourth-order valence-electron chi connectivity index (χ4n) is 1.47. The van der Waals surface area contributed by atoms with E-state index in [1.807, 2.05) is 12.1 Å². The van der Waals surface area contributed by atoms with Gasteiger partial charge in [0.15, 0.2) is 0 Å². The predicted molar refractivity (Wildman–Crippen MR) is 73.5 cm³/mol. The van der Waals surface area contributed by atoms with Crippen LogP contribution in [0.4, 0.5) is 15.8 Å². The summed E-state index contributed by atoms with van der Waals surface area (Å²) in [6, 6.07) is 11.2. The molecule has 1 N–H and O–H groups in total. The lowest BCUT2D eigenvalue weighted by Crippen LogP contribution is -1.93. The smallest absolute Gasteiger partial charge is 0.126 e. The van der Waals surface area contributed by atoms with Gasteiger partial charge in [0.1, 0.15) is 5.82 Å². The molecule has 0 saturated carbocycles. The van der Waals surface area contributed by atoms with Crippen molar-refractivity contribution in [2.75, 3.05) is 5.32 Å². The number of rotatable bonds is 2. The molecule has 0 amide bonds. The molecule has 2 aromatic rings. The summed E-state index contributed by atoms with van der Waals surface area (Å²) in [7, 11) is 0. The summed E-state index contributed by atoms with van der Waals surface area (Å²) in [4.78, 5) is 0. The minimum atomic E-state index is -0.468. The second-order valence-corrected chi connectivity index (χ2v) is 4.91. The lowest BCUT2D eigenvalue weighted by atomic mass is 10.2. The SMILES string of the molecule is N#Cc1cc(F)cc(Nc2ccc(Br)cc2Cl)c1. The van der Waals surface area contributed by atoms with Crippen molar-refractivity contribution in [3.8, 4) is 6.07 Å². The van der Waals surface area contributed by atoms with Gasteiger partial charge < -0.3 is 5.32 Å². The number of nitriles is 1. The zero-order valence-corrected chi connectivity index (χ0v) is 11.4. The zero-order valence-electron chi connectivity index (χ0n) is 9.05.